The van der Waals surface area contributed by atoms with E-state index in [-0.39, 0.29) is 17.9 Å². The second-order valence-electron chi connectivity index (χ2n) is 3.98. The highest BCUT2D eigenvalue weighted by molar-refractivity contribution is 5.51. The van der Waals surface area contributed by atoms with Crippen molar-refractivity contribution in [1.82, 2.24) is 5.32 Å². The first kappa shape index (κ1) is 10.3. The van der Waals surface area contributed by atoms with Crippen molar-refractivity contribution in [3.63, 3.8) is 0 Å². The van der Waals surface area contributed by atoms with Crippen LogP contribution in [0.25, 0.3) is 0 Å². The van der Waals surface area contributed by atoms with Crippen LogP contribution in [-0.4, -0.2) is 35.4 Å². The fourth-order valence-corrected chi connectivity index (χ4v) is 1.73. The standard InChI is InChI=1S/C11H16N2O2/c1-7-2-3-8(4-10(7)14)13-9-5-12-6-11(9)15/h2-4,9,11-15H,5-6H2,1H3/t9-,11-/m1/s1. The third kappa shape index (κ3) is 2.22. The Hall–Kier alpha value is -1.26. The van der Waals surface area contributed by atoms with Crippen molar-refractivity contribution >= 4 is 5.69 Å². The Morgan fingerprint density at radius 2 is 2.20 bits per heavy atom. The number of benzene rings is 1. The zero-order valence-electron chi connectivity index (χ0n) is 8.70. The number of nitrogens with one attached hydrogen (secondary N) is 2. The maximum absolute atomic E-state index is 9.59. The Morgan fingerprint density at radius 3 is 2.80 bits per heavy atom. The molecule has 1 aliphatic heterocycles. The molecule has 2 rings (SSSR count). The van der Waals surface area contributed by atoms with Crippen LogP contribution in [0.5, 0.6) is 5.75 Å². The Morgan fingerprint density at radius 1 is 1.40 bits per heavy atom. The number of aliphatic hydroxyl groups excluding tert-OH is 1. The van der Waals surface area contributed by atoms with Crippen LogP contribution in [0.3, 0.4) is 0 Å². The van der Waals surface area contributed by atoms with Gasteiger partial charge in [0.2, 0.25) is 0 Å². The van der Waals surface area contributed by atoms with Gasteiger partial charge in [-0.05, 0) is 18.6 Å². The highest BCUT2D eigenvalue weighted by atomic mass is 16.3. The molecule has 4 N–H and O–H groups in total. The highest BCUT2D eigenvalue weighted by Crippen LogP contribution is 2.22. The lowest BCUT2D eigenvalue weighted by Gasteiger charge is -2.17. The molecule has 1 fully saturated rings. The summed E-state index contributed by atoms with van der Waals surface area (Å²) in [4.78, 5) is 0. The summed E-state index contributed by atoms with van der Waals surface area (Å²) in [5.41, 5.74) is 1.69. The molecule has 0 radical (unpaired) electrons. The number of aromatic hydroxyl groups is 1. The van der Waals surface area contributed by atoms with E-state index in [1.807, 2.05) is 19.1 Å². The summed E-state index contributed by atoms with van der Waals surface area (Å²) in [6, 6.07) is 5.46. The van der Waals surface area contributed by atoms with E-state index in [2.05, 4.69) is 10.6 Å². The van der Waals surface area contributed by atoms with E-state index < -0.39 is 0 Å². The smallest absolute Gasteiger partial charge is 0.120 e. The van der Waals surface area contributed by atoms with E-state index in [4.69, 9.17) is 0 Å². The predicted octanol–water partition coefficient (Wildman–Crippen LogP) is 0.445. The third-order valence-electron chi connectivity index (χ3n) is 2.74. The molecule has 0 saturated carbocycles. The SMILES string of the molecule is Cc1ccc(N[C@@H]2CNC[C@H]2O)cc1O. The molecule has 2 atom stereocenters. The Balaban J connectivity index is 2.07. The molecule has 82 valence electrons. The number of anilines is 1. The molecule has 0 bridgehead atoms. The van der Waals surface area contributed by atoms with Gasteiger partial charge in [0.1, 0.15) is 5.75 Å². The van der Waals surface area contributed by atoms with Crippen molar-refractivity contribution in [1.29, 1.82) is 0 Å². The number of β-amino-alcohol motifs (C(OH)–C–C–N with tert-alkyl or cyclic N) is 1. The van der Waals surface area contributed by atoms with Gasteiger partial charge in [-0.15, -0.1) is 0 Å². The number of aliphatic hydroxyl groups is 1. The Kier molecular flexibility index (Phi) is 2.79. The number of phenols is 1. The van der Waals surface area contributed by atoms with Crippen LogP contribution in [-0.2, 0) is 0 Å². The second kappa shape index (κ2) is 4.08. The summed E-state index contributed by atoms with van der Waals surface area (Å²) in [5.74, 6) is 0.278. The number of rotatable bonds is 2. The van der Waals surface area contributed by atoms with Crippen molar-refractivity contribution in [2.24, 2.45) is 0 Å². The zero-order valence-corrected chi connectivity index (χ0v) is 8.70. The fraction of sp³-hybridized carbons (Fsp3) is 0.455. The van der Waals surface area contributed by atoms with E-state index >= 15 is 0 Å². The topological polar surface area (TPSA) is 64.5 Å². The largest absolute Gasteiger partial charge is 0.508 e. The van der Waals surface area contributed by atoms with E-state index in [1.54, 1.807) is 6.07 Å². The van der Waals surface area contributed by atoms with Gasteiger partial charge in [-0.25, -0.2) is 0 Å². The second-order valence-corrected chi connectivity index (χ2v) is 3.98. The molecule has 0 aromatic heterocycles. The van der Waals surface area contributed by atoms with Gasteiger partial charge in [0.25, 0.3) is 0 Å². The fourth-order valence-electron chi connectivity index (χ4n) is 1.73. The highest BCUT2D eigenvalue weighted by Gasteiger charge is 2.24. The molecule has 0 spiro atoms. The number of aryl methyl sites for hydroxylation is 1. The van der Waals surface area contributed by atoms with Crippen LogP contribution in [0, 0.1) is 6.92 Å². The lowest BCUT2D eigenvalue weighted by atomic mass is 10.1. The summed E-state index contributed by atoms with van der Waals surface area (Å²) in [5, 5.41) is 25.4. The van der Waals surface area contributed by atoms with Crippen molar-refractivity contribution in [2.75, 3.05) is 18.4 Å². The quantitative estimate of drug-likeness (QED) is 0.569. The number of hydrogen-bond acceptors (Lipinski definition) is 4. The van der Waals surface area contributed by atoms with Crippen LogP contribution in [0.2, 0.25) is 0 Å². The predicted molar refractivity (Wildman–Crippen MR) is 59.1 cm³/mol. The van der Waals surface area contributed by atoms with Crippen LogP contribution < -0.4 is 10.6 Å². The van der Waals surface area contributed by atoms with E-state index in [0.29, 0.717) is 6.54 Å². The molecule has 4 heteroatoms. The van der Waals surface area contributed by atoms with Gasteiger partial charge in [-0.1, -0.05) is 6.07 Å². The summed E-state index contributed by atoms with van der Waals surface area (Å²) < 4.78 is 0. The maximum atomic E-state index is 9.59. The number of hydrogen-bond donors (Lipinski definition) is 4. The minimum atomic E-state index is -0.367. The molecule has 1 aliphatic rings. The molecule has 0 aliphatic carbocycles. The average molecular weight is 208 g/mol. The molecular formula is C11H16N2O2. The molecular weight excluding hydrogens is 192 g/mol. The molecule has 1 saturated heterocycles. The van der Waals surface area contributed by atoms with Gasteiger partial charge < -0.3 is 20.8 Å². The average Bonchev–Trinajstić information content (AvgIpc) is 2.59. The van der Waals surface area contributed by atoms with Crippen molar-refractivity contribution in [2.45, 2.75) is 19.1 Å². The molecule has 15 heavy (non-hydrogen) atoms. The van der Waals surface area contributed by atoms with E-state index in [1.165, 1.54) is 0 Å². The Labute approximate surface area is 88.9 Å². The Bertz CT molecular complexity index is 354. The van der Waals surface area contributed by atoms with Gasteiger partial charge in [0, 0.05) is 24.8 Å². The molecule has 4 nitrogen and oxygen atoms in total. The summed E-state index contributed by atoms with van der Waals surface area (Å²) in [6.07, 6.45) is -0.367. The van der Waals surface area contributed by atoms with Gasteiger partial charge in [-0.3, -0.25) is 0 Å². The van der Waals surface area contributed by atoms with E-state index in [0.717, 1.165) is 17.8 Å². The zero-order chi connectivity index (χ0) is 10.8. The first-order chi connectivity index (χ1) is 7.16. The van der Waals surface area contributed by atoms with Crippen LogP contribution in [0.4, 0.5) is 5.69 Å². The minimum absolute atomic E-state index is 0.0205. The van der Waals surface area contributed by atoms with Crippen LogP contribution in [0.15, 0.2) is 18.2 Å². The van der Waals surface area contributed by atoms with Crippen LogP contribution >= 0.6 is 0 Å². The van der Waals surface area contributed by atoms with E-state index in [9.17, 15) is 10.2 Å². The maximum Gasteiger partial charge on any atom is 0.120 e. The lowest BCUT2D eigenvalue weighted by molar-refractivity contribution is 0.185. The third-order valence-corrected chi connectivity index (χ3v) is 2.74. The molecule has 0 amide bonds. The van der Waals surface area contributed by atoms with Crippen molar-refractivity contribution < 1.29 is 10.2 Å². The molecule has 1 heterocycles. The summed E-state index contributed by atoms with van der Waals surface area (Å²) in [7, 11) is 0. The normalized spacial score (nSPS) is 25.5. The van der Waals surface area contributed by atoms with Gasteiger partial charge >= 0.3 is 0 Å². The van der Waals surface area contributed by atoms with Crippen molar-refractivity contribution in [3.05, 3.63) is 23.8 Å². The first-order valence-electron chi connectivity index (χ1n) is 5.12. The van der Waals surface area contributed by atoms with Gasteiger partial charge in [0.15, 0.2) is 0 Å². The van der Waals surface area contributed by atoms with Gasteiger partial charge in [0.05, 0.1) is 12.1 Å². The molecule has 1 aromatic carbocycles. The van der Waals surface area contributed by atoms with Gasteiger partial charge in [-0.2, -0.15) is 0 Å². The molecule has 1 aromatic rings. The first-order valence-corrected chi connectivity index (χ1v) is 5.12. The summed E-state index contributed by atoms with van der Waals surface area (Å²) >= 11 is 0. The monoisotopic (exact) mass is 208 g/mol. The molecule has 0 unspecified atom stereocenters. The minimum Gasteiger partial charge on any atom is -0.508 e. The van der Waals surface area contributed by atoms with Crippen molar-refractivity contribution in [3.8, 4) is 5.75 Å². The summed E-state index contributed by atoms with van der Waals surface area (Å²) in [6.45, 7) is 3.22. The van der Waals surface area contributed by atoms with Crippen LogP contribution in [0.1, 0.15) is 5.56 Å². The number of phenolic OH excluding ortho intramolecular Hbond substituents is 1. The lowest BCUT2D eigenvalue weighted by Crippen LogP contribution is -2.31.